The third-order valence-electron chi connectivity index (χ3n) is 5.69. The molecule has 0 aliphatic carbocycles. The first-order valence-corrected chi connectivity index (χ1v) is 12.6. The van der Waals surface area contributed by atoms with E-state index in [4.69, 9.17) is 14.2 Å². The van der Waals surface area contributed by atoms with Crippen LogP contribution in [0.4, 0.5) is 4.39 Å². The van der Waals surface area contributed by atoms with Crippen LogP contribution in [0.2, 0.25) is 0 Å². The van der Waals surface area contributed by atoms with Crippen LogP contribution in [0.25, 0.3) is 11.1 Å². The number of benzene rings is 3. The van der Waals surface area contributed by atoms with Gasteiger partial charge in [0.05, 0.1) is 18.8 Å². The fourth-order valence-electron chi connectivity index (χ4n) is 3.62. The maximum absolute atomic E-state index is 14.4. The Hall–Kier alpha value is -3.34. The lowest BCUT2D eigenvalue weighted by atomic mass is 10.1. The molecular formula is C30H35FO4. The van der Waals surface area contributed by atoms with Gasteiger partial charge in [0.2, 0.25) is 0 Å². The number of rotatable bonds is 14. The van der Waals surface area contributed by atoms with Crippen LogP contribution in [0, 0.1) is 5.82 Å². The number of carbonyl (C=O) groups is 1. The van der Waals surface area contributed by atoms with E-state index < -0.39 is 11.8 Å². The second kappa shape index (κ2) is 14.1. The third-order valence-corrected chi connectivity index (χ3v) is 5.69. The Morgan fingerprint density at radius 2 is 1.26 bits per heavy atom. The Morgan fingerprint density at radius 3 is 1.89 bits per heavy atom. The second-order valence-corrected chi connectivity index (χ2v) is 8.55. The van der Waals surface area contributed by atoms with Gasteiger partial charge < -0.3 is 14.2 Å². The SMILES string of the molecule is CCCCCCOc1ccc(C(=O)Oc2ccc(-c3ccc(OCCCCC)cc3)cc2)cc1F. The van der Waals surface area contributed by atoms with Gasteiger partial charge in [0, 0.05) is 0 Å². The van der Waals surface area contributed by atoms with Crippen molar-refractivity contribution in [1.29, 1.82) is 0 Å². The number of esters is 1. The summed E-state index contributed by atoms with van der Waals surface area (Å²) in [4.78, 5) is 12.5. The van der Waals surface area contributed by atoms with Crippen LogP contribution in [0.3, 0.4) is 0 Å². The van der Waals surface area contributed by atoms with Crippen LogP contribution >= 0.6 is 0 Å². The second-order valence-electron chi connectivity index (χ2n) is 8.55. The maximum Gasteiger partial charge on any atom is 0.343 e. The van der Waals surface area contributed by atoms with Gasteiger partial charge in [-0.1, -0.05) is 70.2 Å². The first-order valence-electron chi connectivity index (χ1n) is 12.6. The summed E-state index contributed by atoms with van der Waals surface area (Å²) >= 11 is 0. The molecule has 0 atom stereocenters. The normalized spacial score (nSPS) is 10.7. The summed E-state index contributed by atoms with van der Waals surface area (Å²) in [6.45, 7) is 5.50. The summed E-state index contributed by atoms with van der Waals surface area (Å²) in [5, 5.41) is 0. The monoisotopic (exact) mass is 478 g/mol. The Morgan fingerprint density at radius 1 is 0.686 bits per heavy atom. The van der Waals surface area contributed by atoms with Gasteiger partial charge in [0.25, 0.3) is 0 Å². The zero-order valence-electron chi connectivity index (χ0n) is 20.7. The van der Waals surface area contributed by atoms with E-state index in [1.54, 1.807) is 12.1 Å². The highest BCUT2D eigenvalue weighted by atomic mass is 19.1. The minimum atomic E-state index is -0.615. The summed E-state index contributed by atoms with van der Waals surface area (Å²) in [5.41, 5.74) is 2.17. The van der Waals surface area contributed by atoms with E-state index in [1.807, 2.05) is 36.4 Å². The smallest absolute Gasteiger partial charge is 0.343 e. The number of ether oxygens (including phenoxy) is 3. The van der Waals surface area contributed by atoms with E-state index in [2.05, 4.69) is 13.8 Å². The maximum atomic E-state index is 14.4. The molecule has 186 valence electrons. The molecule has 0 aliphatic rings. The summed E-state index contributed by atoms with van der Waals surface area (Å²) in [6.07, 6.45) is 7.61. The number of unbranched alkanes of at least 4 members (excludes halogenated alkanes) is 5. The predicted molar refractivity (Wildman–Crippen MR) is 138 cm³/mol. The quantitative estimate of drug-likeness (QED) is 0.133. The van der Waals surface area contributed by atoms with Gasteiger partial charge in [-0.2, -0.15) is 0 Å². The number of halogens is 1. The molecule has 5 heteroatoms. The predicted octanol–water partition coefficient (Wildman–Crippen LogP) is 8.24. The van der Waals surface area contributed by atoms with Gasteiger partial charge in [0.15, 0.2) is 11.6 Å². The van der Waals surface area contributed by atoms with Crippen molar-refractivity contribution in [3.05, 3.63) is 78.1 Å². The van der Waals surface area contributed by atoms with Crippen molar-refractivity contribution in [2.45, 2.75) is 58.8 Å². The average molecular weight is 479 g/mol. The first-order chi connectivity index (χ1) is 17.1. The Balaban J connectivity index is 1.52. The molecule has 0 saturated carbocycles. The molecule has 0 bridgehead atoms. The number of carbonyl (C=O) groups excluding carboxylic acids is 1. The molecule has 0 aromatic heterocycles. The molecular weight excluding hydrogens is 443 g/mol. The Bertz CT molecular complexity index is 1040. The van der Waals surface area contributed by atoms with Gasteiger partial charge in [-0.3, -0.25) is 0 Å². The molecule has 4 nitrogen and oxygen atoms in total. The van der Waals surface area contributed by atoms with Crippen molar-refractivity contribution in [3.63, 3.8) is 0 Å². The third kappa shape index (κ3) is 8.43. The number of hydrogen-bond donors (Lipinski definition) is 0. The van der Waals surface area contributed by atoms with Crippen LogP contribution in [-0.4, -0.2) is 19.2 Å². The zero-order valence-corrected chi connectivity index (χ0v) is 20.7. The van der Waals surface area contributed by atoms with Crippen LogP contribution in [0.1, 0.15) is 69.2 Å². The lowest BCUT2D eigenvalue weighted by Crippen LogP contribution is -2.09. The van der Waals surface area contributed by atoms with E-state index in [1.165, 1.54) is 25.0 Å². The van der Waals surface area contributed by atoms with Gasteiger partial charge in [-0.05, 0) is 66.4 Å². The zero-order chi connectivity index (χ0) is 24.9. The molecule has 0 spiro atoms. The molecule has 0 fully saturated rings. The largest absolute Gasteiger partial charge is 0.494 e. The number of hydrogen-bond acceptors (Lipinski definition) is 4. The molecule has 0 amide bonds. The van der Waals surface area contributed by atoms with E-state index in [0.29, 0.717) is 12.4 Å². The molecule has 35 heavy (non-hydrogen) atoms. The van der Waals surface area contributed by atoms with Gasteiger partial charge >= 0.3 is 5.97 Å². The van der Waals surface area contributed by atoms with E-state index in [9.17, 15) is 9.18 Å². The minimum Gasteiger partial charge on any atom is -0.494 e. The fourth-order valence-corrected chi connectivity index (χ4v) is 3.62. The summed E-state index contributed by atoms with van der Waals surface area (Å²) in [5.74, 6) is 0.223. The molecule has 0 unspecified atom stereocenters. The molecule has 3 aromatic rings. The van der Waals surface area contributed by atoms with Crippen molar-refractivity contribution in [1.82, 2.24) is 0 Å². The highest BCUT2D eigenvalue weighted by Crippen LogP contribution is 2.26. The highest BCUT2D eigenvalue weighted by molar-refractivity contribution is 5.91. The van der Waals surface area contributed by atoms with Crippen LogP contribution in [0.15, 0.2) is 66.7 Å². The van der Waals surface area contributed by atoms with E-state index in [0.717, 1.165) is 61.7 Å². The van der Waals surface area contributed by atoms with Crippen molar-refractivity contribution >= 4 is 5.97 Å². The molecule has 0 aliphatic heterocycles. The Labute approximate surface area is 208 Å². The molecule has 3 aromatic carbocycles. The van der Waals surface area contributed by atoms with Crippen molar-refractivity contribution < 1.29 is 23.4 Å². The molecule has 0 radical (unpaired) electrons. The average Bonchev–Trinajstić information content (AvgIpc) is 2.88. The molecule has 3 rings (SSSR count). The van der Waals surface area contributed by atoms with Crippen molar-refractivity contribution in [2.24, 2.45) is 0 Å². The van der Waals surface area contributed by atoms with Crippen molar-refractivity contribution in [2.75, 3.05) is 13.2 Å². The summed E-state index contributed by atoms with van der Waals surface area (Å²) in [7, 11) is 0. The van der Waals surface area contributed by atoms with E-state index in [-0.39, 0.29) is 11.3 Å². The van der Waals surface area contributed by atoms with Gasteiger partial charge in [-0.15, -0.1) is 0 Å². The fraction of sp³-hybridized carbons (Fsp3) is 0.367. The van der Waals surface area contributed by atoms with Crippen LogP contribution < -0.4 is 14.2 Å². The van der Waals surface area contributed by atoms with Crippen LogP contribution in [-0.2, 0) is 0 Å². The highest BCUT2D eigenvalue weighted by Gasteiger charge is 2.13. The summed E-state index contributed by atoms with van der Waals surface area (Å²) in [6, 6.07) is 19.3. The van der Waals surface area contributed by atoms with E-state index >= 15 is 0 Å². The first kappa shape index (κ1) is 26.3. The topological polar surface area (TPSA) is 44.8 Å². The lowest BCUT2D eigenvalue weighted by Gasteiger charge is -2.10. The summed E-state index contributed by atoms with van der Waals surface area (Å²) < 4.78 is 31.0. The van der Waals surface area contributed by atoms with Crippen molar-refractivity contribution in [3.8, 4) is 28.4 Å². The molecule has 0 N–H and O–H groups in total. The Kier molecular flexibility index (Phi) is 10.6. The lowest BCUT2D eigenvalue weighted by molar-refractivity contribution is 0.0734. The van der Waals surface area contributed by atoms with Gasteiger partial charge in [0.1, 0.15) is 11.5 Å². The minimum absolute atomic E-state index is 0.138. The van der Waals surface area contributed by atoms with Crippen LogP contribution in [0.5, 0.6) is 17.2 Å². The molecule has 0 saturated heterocycles. The van der Waals surface area contributed by atoms with Gasteiger partial charge in [-0.25, -0.2) is 9.18 Å². The molecule has 0 heterocycles. The standard InChI is InChI=1S/C30H35FO4/c1-3-5-7-9-21-34-29-19-14-25(22-28(29)31)30(32)35-27-17-12-24(13-18-27)23-10-15-26(16-11-23)33-20-8-6-4-2/h10-19,22H,3-9,20-21H2,1-2H3.